The van der Waals surface area contributed by atoms with Gasteiger partial charge in [0.1, 0.15) is 0 Å². The van der Waals surface area contributed by atoms with Crippen molar-refractivity contribution in [3.05, 3.63) is 0 Å². The molecule has 86 valence electrons. The quantitative estimate of drug-likeness (QED) is 0.613. The van der Waals surface area contributed by atoms with Gasteiger partial charge in [0.05, 0.1) is 6.04 Å². The van der Waals surface area contributed by atoms with Gasteiger partial charge in [0.25, 0.3) is 0 Å². The molecule has 0 bridgehead atoms. The number of hydrogen-bond acceptors (Lipinski definition) is 3. The van der Waals surface area contributed by atoms with Crippen LogP contribution in [0.5, 0.6) is 0 Å². The van der Waals surface area contributed by atoms with E-state index in [0.29, 0.717) is 12.0 Å². The summed E-state index contributed by atoms with van der Waals surface area (Å²) in [7, 11) is 0. The Morgan fingerprint density at radius 2 is 2.13 bits per heavy atom. The normalized spacial score (nSPS) is 37.3. The van der Waals surface area contributed by atoms with Crippen molar-refractivity contribution in [1.82, 2.24) is 5.32 Å². The second kappa shape index (κ2) is 4.49. The Morgan fingerprint density at radius 3 is 2.87 bits per heavy atom. The van der Waals surface area contributed by atoms with Gasteiger partial charge in [-0.1, -0.05) is 12.8 Å². The average Bonchev–Trinajstić information content (AvgIpc) is 2.62. The number of nitrogens with one attached hydrogen (secondary N) is 1. The van der Waals surface area contributed by atoms with E-state index in [-0.39, 0.29) is 5.91 Å². The highest BCUT2D eigenvalue weighted by molar-refractivity contribution is 5.79. The van der Waals surface area contributed by atoms with Gasteiger partial charge in [-0.15, -0.1) is 0 Å². The Labute approximate surface area is 90.8 Å². The molecule has 0 aromatic heterocycles. The van der Waals surface area contributed by atoms with Gasteiger partial charge in [0.15, 0.2) is 0 Å². The van der Waals surface area contributed by atoms with Gasteiger partial charge in [0, 0.05) is 6.04 Å². The summed E-state index contributed by atoms with van der Waals surface area (Å²) in [5.41, 5.74) is 10.9. The largest absolute Gasteiger partial charge is 0.368 e. The maximum Gasteiger partial charge on any atom is 0.234 e. The Hall–Kier alpha value is -0.610. The number of primary amides is 1. The van der Waals surface area contributed by atoms with Crippen LogP contribution >= 0.6 is 0 Å². The van der Waals surface area contributed by atoms with Gasteiger partial charge in [-0.2, -0.15) is 0 Å². The third-order valence-corrected chi connectivity index (χ3v) is 3.99. The van der Waals surface area contributed by atoms with Crippen LogP contribution in [0.25, 0.3) is 0 Å². The van der Waals surface area contributed by atoms with E-state index in [1.54, 1.807) is 0 Å². The molecule has 1 aliphatic heterocycles. The molecule has 1 heterocycles. The molecule has 1 saturated heterocycles. The second-order valence-electron chi connectivity index (χ2n) is 4.97. The van der Waals surface area contributed by atoms with Crippen molar-refractivity contribution < 1.29 is 4.79 Å². The third kappa shape index (κ3) is 2.32. The van der Waals surface area contributed by atoms with E-state index in [2.05, 4.69) is 5.32 Å². The highest BCUT2D eigenvalue weighted by atomic mass is 16.1. The van der Waals surface area contributed by atoms with E-state index in [1.165, 1.54) is 25.7 Å². The fourth-order valence-electron chi connectivity index (χ4n) is 3.13. The molecule has 3 unspecified atom stereocenters. The SMILES string of the molecule is NC(=O)[C@@H](N)CC1CNC2CCCCC12. The molecule has 1 amide bonds. The fourth-order valence-corrected chi connectivity index (χ4v) is 3.13. The molecule has 0 spiro atoms. The average molecular weight is 211 g/mol. The predicted octanol–water partition coefficient (Wildman–Crippen LogP) is -0.0327. The second-order valence-corrected chi connectivity index (χ2v) is 4.97. The minimum absolute atomic E-state index is 0.366. The maximum atomic E-state index is 10.9. The zero-order chi connectivity index (χ0) is 10.8. The minimum Gasteiger partial charge on any atom is -0.368 e. The molecule has 2 fully saturated rings. The van der Waals surface area contributed by atoms with Crippen molar-refractivity contribution in [2.24, 2.45) is 23.3 Å². The monoisotopic (exact) mass is 211 g/mol. The van der Waals surface area contributed by atoms with Crippen LogP contribution in [0.4, 0.5) is 0 Å². The predicted molar refractivity (Wildman–Crippen MR) is 59.0 cm³/mol. The first kappa shape index (κ1) is 10.9. The molecule has 0 aromatic rings. The summed E-state index contributed by atoms with van der Waals surface area (Å²) < 4.78 is 0. The maximum absolute atomic E-state index is 10.9. The number of hydrogen-bond donors (Lipinski definition) is 3. The number of fused-ring (bicyclic) bond motifs is 1. The van der Waals surface area contributed by atoms with Crippen LogP contribution in [0, 0.1) is 11.8 Å². The van der Waals surface area contributed by atoms with Crippen LogP contribution in [0.2, 0.25) is 0 Å². The summed E-state index contributed by atoms with van der Waals surface area (Å²) in [6.45, 7) is 1.01. The van der Waals surface area contributed by atoms with Crippen molar-refractivity contribution in [2.45, 2.75) is 44.2 Å². The molecule has 4 atom stereocenters. The first-order valence-corrected chi connectivity index (χ1v) is 5.96. The molecule has 1 saturated carbocycles. The summed E-state index contributed by atoms with van der Waals surface area (Å²) in [5, 5.41) is 3.55. The van der Waals surface area contributed by atoms with Crippen LogP contribution < -0.4 is 16.8 Å². The van der Waals surface area contributed by atoms with Crippen LogP contribution in [0.15, 0.2) is 0 Å². The van der Waals surface area contributed by atoms with Gasteiger partial charge >= 0.3 is 0 Å². The smallest absolute Gasteiger partial charge is 0.234 e. The molecular formula is C11H21N3O. The number of rotatable bonds is 3. The molecule has 0 radical (unpaired) electrons. The Morgan fingerprint density at radius 1 is 1.40 bits per heavy atom. The molecule has 15 heavy (non-hydrogen) atoms. The molecule has 0 aromatic carbocycles. The Bertz CT molecular complexity index is 244. The summed E-state index contributed by atoms with van der Waals surface area (Å²) in [5.74, 6) is 0.913. The topological polar surface area (TPSA) is 81.1 Å². The summed E-state index contributed by atoms with van der Waals surface area (Å²) in [6.07, 6.45) is 5.98. The summed E-state index contributed by atoms with van der Waals surface area (Å²) in [6, 6.07) is 0.210. The minimum atomic E-state index is -0.461. The first-order valence-electron chi connectivity index (χ1n) is 5.96. The zero-order valence-corrected chi connectivity index (χ0v) is 9.11. The van der Waals surface area contributed by atoms with E-state index >= 15 is 0 Å². The Kier molecular flexibility index (Phi) is 3.26. The summed E-state index contributed by atoms with van der Waals surface area (Å²) >= 11 is 0. The number of carbonyl (C=O) groups is 1. The molecule has 2 aliphatic rings. The molecule has 5 N–H and O–H groups in total. The molecular weight excluding hydrogens is 190 g/mol. The highest BCUT2D eigenvalue weighted by Crippen LogP contribution is 2.36. The van der Waals surface area contributed by atoms with Crippen molar-refractivity contribution >= 4 is 5.91 Å². The van der Waals surface area contributed by atoms with Gasteiger partial charge in [0.2, 0.25) is 5.91 Å². The van der Waals surface area contributed by atoms with Gasteiger partial charge < -0.3 is 16.8 Å². The first-order chi connectivity index (χ1) is 7.18. The van der Waals surface area contributed by atoms with Crippen molar-refractivity contribution in [3.63, 3.8) is 0 Å². The van der Waals surface area contributed by atoms with Crippen LogP contribution in [0.1, 0.15) is 32.1 Å². The molecule has 1 aliphatic carbocycles. The number of nitrogens with two attached hydrogens (primary N) is 2. The third-order valence-electron chi connectivity index (χ3n) is 3.99. The van der Waals surface area contributed by atoms with E-state index < -0.39 is 6.04 Å². The van der Waals surface area contributed by atoms with E-state index in [0.717, 1.165) is 18.9 Å². The number of amides is 1. The van der Waals surface area contributed by atoms with Gasteiger partial charge in [-0.25, -0.2) is 0 Å². The van der Waals surface area contributed by atoms with E-state index in [9.17, 15) is 4.79 Å². The van der Waals surface area contributed by atoms with Gasteiger partial charge in [-0.05, 0) is 37.6 Å². The van der Waals surface area contributed by atoms with Crippen molar-refractivity contribution in [3.8, 4) is 0 Å². The van der Waals surface area contributed by atoms with Crippen LogP contribution in [-0.4, -0.2) is 24.5 Å². The highest BCUT2D eigenvalue weighted by Gasteiger charge is 2.37. The van der Waals surface area contributed by atoms with Crippen LogP contribution in [-0.2, 0) is 4.79 Å². The molecule has 2 rings (SSSR count). The lowest BCUT2D eigenvalue weighted by atomic mass is 9.78. The van der Waals surface area contributed by atoms with Crippen molar-refractivity contribution in [1.29, 1.82) is 0 Å². The number of carbonyl (C=O) groups excluding carboxylic acids is 1. The molecule has 4 heteroatoms. The fraction of sp³-hybridized carbons (Fsp3) is 0.909. The standard InChI is InChI=1S/C11H21N3O/c12-9(11(13)15)5-7-6-14-10-4-2-1-3-8(7)10/h7-10,14H,1-6,12H2,(H2,13,15)/t7?,8?,9-,10?/m0/s1. The zero-order valence-electron chi connectivity index (χ0n) is 9.11. The lowest BCUT2D eigenvalue weighted by Gasteiger charge is -2.29. The lowest BCUT2D eigenvalue weighted by Crippen LogP contribution is -2.39. The summed E-state index contributed by atoms with van der Waals surface area (Å²) in [4.78, 5) is 10.9. The van der Waals surface area contributed by atoms with E-state index in [4.69, 9.17) is 11.5 Å². The van der Waals surface area contributed by atoms with Crippen molar-refractivity contribution in [2.75, 3.05) is 6.54 Å². The van der Waals surface area contributed by atoms with E-state index in [1.807, 2.05) is 0 Å². The molecule has 4 nitrogen and oxygen atoms in total. The van der Waals surface area contributed by atoms with Gasteiger partial charge in [-0.3, -0.25) is 4.79 Å². The van der Waals surface area contributed by atoms with Crippen LogP contribution in [0.3, 0.4) is 0 Å². The lowest BCUT2D eigenvalue weighted by molar-refractivity contribution is -0.119. The Balaban J connectivity index is 1.90.